The maximum atomic E-state index is 6.57. The van der Waals surface area contributed by atoms with Crippen LogP contribution in [0.5, 0.6) is 11.5 Å². The molecule has 0 amide bonds. The van der Waals surface area contributed by atoms with Crippen LogP contribution in [-0.2, 0) is 16.2 Å². The van der Waals surface area contributed by atoms with Crippen molar-refractivity contribution in [3.8, 4) is 23.0 Å². The van der Waals surface area contributed by atoms with Crippen LogP contribution in [-0.4, -0.2) is 19.1 Å². The lowest BCUT2D eigenvalue weighted by Gasteiger charge is -2.32. The van der Waals surface area contributed by atoms with E-state index in [4.69, 9.17) is 9.72 Å². The SMILES string of the molecule is CC(C)(C)c1cc(C(C)(C)C)cc(C(C)(C)c2ccnc(-n3c4ccccc4c4ccc(Oc5cccc(-n6cnc7ccccc76)c5)cc43)c2)c1. The zero-order valence-corrected chi connectivity index (χ0v) is 31.4. The number of imidazole rings is 1. The molecule has 0 unspecified atom stereocenters. The summed E-state index contributed by atoms with van der Waals surface area (Å²) < 4.78 is 10.9. The molecule has 0 radical (unpaired) electrons. The normalized spacial score (nSPS) is 12.6. The number of ether oxygens (including phenoxy) is 1. The molecule has 0 fully saturated rings. The van der Waals surface area contributed by atoms with Crippen LogP contribution >= 0.6 is 0 Å². The molecule has 52 heavy (non-hydrogen) atoms. The smallest absolute Gasteiger partial charge is 0.137 e. The van der Waals surface area contributed by atoms with Crippen LogP contribution in [0, 0.1) is 0 Å². The fourth-order valence-corrected chi connectivity index (χ4v) is 7.21. The van der Waals surface area contributed by atoms with Gasteiger partial charge in [0.05, 0.1) is 27.8 Å². The van der Waals surface area contributed by atoms with Crippen molar-refractivity contribution in [3.05, 3.63) is 156 Å². The predicted octanol–water partition coefficient (Wildman–Crippen LogP) is 12.2. The Kier molecular flexibility index (Phi) is 7.87. The van der Waals surface area contributed by atoms with Crippen LogP contribution < -0.4 is 4.74 Å². The summed E-state index contributed by atoms with van der Waals surface area (Å²) in [5.41, 5.74) is 10.2. The number of rotatable bonds is 6. The standard InChI is InChI=1S/C47H46N4O/c1-45(2,3)32-24-33(46(4,5)6)26-34(25-32)47(7,8)31-22-23-48-44(27-31)51-41-18-11-9-16-38(41)39-21-20-37(29-43(39)51)52-36-15-13-14-35(28-36)50-30-49-40-17-10-12-19-42(40)50/h9-30H,1-8H3. The number of para-hydroxylation sites is 3. The van der Waals surface area contributed by atoms with Crippen LogP contribution in [0.25, 0.3) is 44.3 Å². The first-order valence-electron chi connectivity index (χ1n) is 18.1. The van der Waals surface area contributed by atoms with E-state index < -0.39 is 0 Å². The van der Waals surface area contributed by atoms with Crippen LogP contribution in [0.15, 0.2) is 134 Å². The monoisotopic (exact) mass is 682 g/mol. The summed E-state index contributed by atoms with van der Waals surface area (Å²) >= 11 is 0. The van der Waals surface area contributed by atoms with Crippen molar-refractivity contribution in [1.82, 2.24) is 19.1 Å². The van der Waals surface area contributed by atoms with Crippen LogP contribution in [0.4, 0.5) is 0 Å². The molecule has 0 atom stereocenters. The number of aromatic nitrogens is 4. The first-order chi connectivity index (χ1) is 24.8. The summed E-state index contributed by atoms with van der Waals surface area (Å²) in [6.07, 6.45) is 3.82. The van der Waals surface area contributed by atoms with Crippen LogP contribution in [0.2, 0.25) is 0 Å². The Morgan fingerprint density at radius 3 is 1.90 bits per heavy atom. The lowest BCUT2D eigenvalue weighted by Crippen LogP contribution is -2.24. The topological polar surface area (TPSA) is 44.9 Å². The third-order valence-electron chi connectivity index (χ3n) is 10.5. The van der Waals surface area contributed by atoms with Crippen molar-refractivity contribution in [2.45, 2.75) is 71.6 Å². The molecule has 0 bridgehead atoms. The molecule has 3 aromatic heterocycles. The van der Waals surface area contributed by atoms with Gasteiger partial charge in [0, 0.05) is 34.5 Å². The van der Waals surface area contributed by atoms with Crippen molar-refractivity contribution >= 4 is 32.8 Å². The fraction of sp³-hybridized carbons (Fsp3) is 0.234. The molecule has 260 valence electrons. The summed E-state index contributed by atoms with van der Waals surface area (Å²) in [5, 5.41) is 2.33. The highest BCUT2D eigenvalue weighted by Crippen LogP contribution is 2.40. The van der Waals surface area contributed by atoms with Gasteiger partial charge in [-0.3, -0.25) is 9.13 Å². The molecule has 5 heteroatoms. The van der Waals surface area contributed by atoms with Crippen molar-refractivity contribution in [2.75, 3.05) is 0 Å². The van der Waals surface area contributed by atoms with Crippen molar-refractivity contribution in [1.29, 1.82) is 0 Å². The molecule has 0 saturated carbocycles. The van der Waals surface area contributed by atoms with Gasteiger partial charge < -0.3 is 4.74 Å². The number of pyridine rings is 1. The van der Waals surface area contributed by atoms with Crippen molar-refractivity contribution in [2.24, 2.45) is 0 Å². The maximum absolute atomic E-state index is 6.57. The molecule has 0 saturated heterocycles. The number of benzene rings is 5. The first-order valence-corrected chi connectivity index (χ1v) is 18.1. The molecule has 0 aliphatic carbocycles. The Bertz CT molecular complexity index is 2580. The van der Waals surface area contributed by atoms with E-state index >= 15 is 0 Å². The van der Waals surface area contributed by atoms with Crippen LogP contribution in [0.1, 0.15) is 77.6 Å². The number of hydrogen-bond donors (Lipinski definition) is 0. The molecule has 0 N–H and O–H groups in total. The second kappa shape index (κ2) is 12.2. The van der Waals surface area contributed by atoms with Gasteiger partial charge in [-0.2, -0.15) is 0 Å². The molecule has 5 aromatic carbocycles. The molecule has 0 aliphatic rings. The Labute approximate surface area is 306 Å². The summed E-state index contributed by atoms with van der Waals surface area (Å²) in [6, 6.07) is 42.9. The second-order valence-electron chi connectivity index (χ2n) is 16.6. The van der Waals surface area contributed by atoms with E-state index in [0.29, 0.717) is 0 Å². The van der Waals surface area contributed by atoms with E-state index in [1.165, 1.54) is 27.6 Å². The quantitative estimate of drug-likeness (QED) is 0.175. The summed E-state index contributed by atoms with van der Waals surface area (Å²) in [4.78, 5) is 9.58. The minimum atomic E-state index is -0.266. The van der Waals surface area contributed by atoms with E-state index in [0.717, 1.165) is 50.5 Å². The highest BCUT2D eigenvalue weighted by atomic mass is 16.5. The van der Waals surface area contributed by atoms with Crippen molar-refractivity contribution < 1.29 is 4.74 Å². The zero-order valence-electron chi connectivity index (χ0n) is 31.4. The average Bonchev–Trinajstić information content (AvgIpc) is 3.70. The van der Waals surface area contributed by atoms with E-state index in [9.17, 15) is 0 Å². The minimum Gasteiger partial charge on any atom is -0.457 e. The predicted molar refractivity (Wildman–Crippen MR) is 216 cm³/mol. The van der Waals surface area contributed by atoms with E-state index in [2.05, 4.69) is 161 Å². The van der Waals surface area contributed by atoms with E-state index in [1.807, 2.05) is 42.9 Å². The molecule has 0 spiro atoms. The summed E-state index contributed by atoms with van der Waals surface area (Å²) in [7, 11) is 0. The molecule has 0 aliphatic heterocycles. The molecule has 3 heterocycles. The maximum Gasteiger partial charge on any atom is 0.137 e. The molecular formula is C47H46N4O. The third kappa shape index (κ3) is 5.94. The van der Waals surface area contributed by atoms with Gasteiger partial charge in [-0.25, -0.2) is 9.97 Å². The van der Waals surface area contributed by atoms with Crippen LogP contribution in [0.3, 0.4) is 0 Å². The molecule has 5 nitrogen and oxygen atoms in total. The number of nitrogens with zero attached hydrogens (tertiary/aromatic N) is 4. The van der Waals surface area contributed by atoms with Gasteiger partial charge in [-0.05, 0) is 87.7 Å². The molecule has 8 rings (SSSR count). The van der Waals surface area contributed by atoms with Gasteiger partial charge in [-0.1, -0.05) is 110 Å². The zero-order chi connectivity index (χ0) is 36.4. The lowest BCUT2D eigenvalue weighted by molar-refractivity contribution is 0.483. The van der Waals surface area contributed by atoms with Gasteiger partial charge in [0.2, 0.25) is 0 Å². The summed E-state index contributed by atoms with van der Waals surface area (Å²) in [6.45, 7) is 18.5. The Hall–Kier alpha value is -5.68. The molecule has 8 aromatic rings. The average molecular weight is 683 g/mol. The van der Waals surface area contributed by atoms with Gasteiger partial charge >= 0.3 is 0 Å². The first kappa shape index (κ1) is 33.5. The Balaban J connectivity index is 1.21. The van der Waals surface area contributed by atoms with Gasteiger partial charge in [0.25, 0.3) is 0 Å². The van der Waals surface area contributed by atoms with E-state index in [-0.39, 0.29) is 16.2 Å². The highest BCUT2D eigenvalue weighted by molar-refractivity contribution is 6.09. The van der Waals surface area contributed by atoms with E-state index in [1.54, 1.807) is 0 Å². The minimum absolute atomic E-state index is 0.0351. The Morgan fingerprint density at radius 2 is 1.15 bits per heavy atom. The largest absolute Gasteiger partial charge is 0.457 e. The Morgan fingerprint density at radius 1 is 0.500 bits per heavy atom. The lowest BCUT2D eigenvalue weighted by atomic mass is 9.72. The summed E-state index contributed by atoms with van der Waals surface area (Å²) in [5.74, 6) is 2.39. The number of hydrogen-bond acceptors (Lipinski definition) is 3. The number of fused-ring (bicyclic) bond motifs is 4. The molecular weight excluding hydrogens is 637 g/mol. The van der Waals surface area contributed by atoms with Crippen molar-refractivity contribution in [3.63, 3.8) is 0 Å². The third-order valence-corrected chi connectivity index (χ3v) is 10.5. The highest BCUT2D eigenvalue weighted by Gasteiger charge is 2.29. The van der Waals surface area contributed by atoms with Gasteiger partial charge in [0.1, 0.15) is 23.6 Å². The van der Waals surface area contributed by atoms with Gasteiger partial charge in [0.15, 0.2) is 0 Å². The van der Waals surface area contributed by atoms with Gasteiger partial charge in [-0.15, -0.1) is 0 Å². The second-order valence-corrected chi connectivity index (χ2v) is 16.6. The fourth-order valence-electron chi connectivity index (χ4n) is 7.21.